The smallest absolute Gasteiger partial charge is 0.407 e. The Bertz CT molecular complexity index is 241. The van der Waals surface area contributed by atoms with Crippen LogP contribution in [0.1, 0.15) is 20.8 Å². The van der Waals surface area contributed by atoms with E-state index in [1.807, 2.05) is 32.5 Å². The predicted molar refractivity (Wildman–Crippen MR) is 67.6 cm³/mol. The first kappa shape index (κ1) is 13.6. The van der Waals surface area contributed by atoms with Gasteiger partial charge in [0.05, 0.1) is 0 Å². The second-order valence-corrected chi connectivity index (χ2v) is 6.25. The summed E-state index contributed by atoms with van der Waals surface area (Å²) in [6.45, 7) is 6.96. The number of hydrogen-bond donors (Lipinski definition) is 2. The Hall–Kier alpha value is -0.420. The summed E-state index contributed by atoms with van der Waals surface area (Å²) in [5.74, 6) is 3.21. The Kier molecular flexibility index (Phi) is 4.92. The maximum Gasteiger partial charge on any atom is 0.407 e. The van der Waals surface area contributed by atoms with Gasteiger partial charge in [0.1, 0.15) is 5.60 Å². The van der Waals surface area contributed by atoms with Crippen LogP contribution in [0.4, 0.5) is 4.79 Å². The van der Waals surface area contributed by atoms with E-state index in [0.29, 0.717) is 24.9 Å². The zero-order valence-corrected chi connectivity index (χ0v) is 11.1. The number of amides is 1. The van der Waals surface area contributed by atoms with Gasteiger partial charge in [0.15, 0.2) is 0 Å². The number of hydrogen-bond acceptors (Lipinski definition) is 4. The molecule has 1 amide bonds. The standard InChI is InChI=1S/C11H22N2O2S/c1-11(2,3)15-10(14)13-5-9-7-16-6-8(9)4-12/h8-9H,4-7,12H2,1-3H3,(H,13,14)/t8-,9-/m1/s1. The van der Waals surface area contributed by atoms with E-state index in [0.717, 1.165) is 11.5 Å². The van der Waals surface area contributed by atoms with E-state index in [-0.39, 0.29) is 6.09 Å². The van der Waals surface area contributed by atoms with Crippen molar-refractivity contribution in [3.8, 4) is 0 Å². The molecule has 0 radical (unpaired) electrons. The molecule has 0 aromatic carbocycles. The number of ether oxygens (including phenoxy) is 1. The molecule has 1 fully saturated rings. The Labute approximate surface area is 102 Å². The topological polar surface area (TPSA) is 64.3 Å². The van der Waals surface area contributed by atoms with Crippen LogP contribution in [0, 0.1) is 11.8 Å². The van der Waals surface area contributed by atoms with E-state index in [9.17, 15) is 4.79 Å². The number of nitrogens with two attached hydrogens (primary N) is 1. The molecule has 0 aliphatic carbocycles. The molecule has 1 aliphatic heterocycles. The average molecular weight is 246 g/mol. The molecule has 0 aromatic rings. The summed E-state index contributed by atoms with van der Waals surface area (Å²) in [5, 5.41) is 2.82. The van der Waals surface area contributed by atoms with Crippen LogP contribution in [0.5, 0.6) is 0 Å². The van der Waals surface area contributed by atoms with E-state index >= 15 is 0 Å². The van der Waals surface area contributed by atoms with Crippen molar-refractivity contribution in [3.05, 3.63) is 0 Å². The lowest BCUT2D eigenvalue weighted by atomic mass is 9.96. The number of alkyl carbamates (subject to hydrolysis) is 1. The predicted octanol–water partition coefficient (Wildman–Crippen LogP) is 1.45. The average Bonchev–Trinajstić information content (AvgIpc) is 2.59. The van der Waals surface area contributed by atoms with E-state index in [1.54, 1.807) is 0 Å². The van der Waals surface area contributed by atoms with Crippen LogP contribution >= 0.6 is 11.8 Å². The summed E-state index contributed by atoms with van der Waals surface area (Å²) in [6.07, 6.45) is -0.333. The molecule has 4 nitrogen and oxygen atoms in total. The fraction of sp³-hybridized carbons (Fsp3) is 0.909. The largest absolute Gasteiger partial charge is 0.444 e. The Morgan fingerprint density at radius 3 is 2.62 bits per heavy atom. The zero-order chi connectivity index (χ0) is 12.2. The summed E-state index contributed by atoms with van der Waals surface area (Å²) in [7, 11) is 0. The number of thioether (sulfide) groups is 1. The lowest BCUT2D eigenvalue weighted by Crippen LogP contribution is -2.38. The maximum absolute atomic E-state index is 11.4. The van der Waals surface area contributed by atoms with Gasteiger partial charge >= 0.3 is 6.09 Å². The summed E-state index contributed by atoms with van der Waals surface area (Å²) >= 11 is 1.91. The third kappa shape index (κ3) is 4.61. The zero-order valence-electron chi connectivity index (χ0n) is 10.3. The molecule has 94 valence electrons. The van der Waals surface area contributed by atoms with Crippen molar-refractivity contribution in [1.29, 1.82) is 0 Å². The summed E-state index contributed by atoms with van der Waals surface area (Å²) in [4.78, 5) is 11.4. The van der Waals surface area contributed by atoms with Gasteiger partial charge < -0.3 is 15.8 Å². The Balaban J connectivity index is 2.26. The molecule has 0 aromatic heterocycles. The van der Waals surface area contributed by atoms with E-state index in [2.05, 4.69) is 5.32 Å². The van der Waals surface area contributed by atoms with Gasteiger partial charge in [-0.1, -0.05) is 0 Å². The Morgan fingerprint density at radius 1 is 1.44 bits per heavy atom. The monoisotopic (exact) mass is 246 g/mol. The highest BCUT2D eigenvalue weighted by Crippen LogP contribution is 2.28. The molecule has 1 saturated heterocycles. The first-order chi connectivity index (χ1) is 7.42. The first-order valence-electron chi connectivity index (χ1n) is 5.67. The van der Waals surface area contributed by atoms with Crippen molar-refractivity contribution >= 4 is 17.9 Å². The van der Waals surface area contributed by atoms with Gasteiger partial charge in [0.25, 0.3) is 0 Å². The number of carbonyl (C=O) groups excluding carboxylic acids is 1. The molecule has 2 atom stereocenters. The molecule has 0 spiro atoms. The van der Waals surface area contributed by atoms with Crippen molar-refractivity contribution in [2.24, 2.45) is 17.6 Å². The second-order valence-electron chi connectivity index (χ2n) is 5.18. The number of nitrogens with one attached hydrogen (secondary N) is 1. The molecule has 0 bridgehead atoms. The molecule has 3 N–H and O–H groups in total. The molecular formula is C11H22N2O2S. The Morgan fingerprint density at radius 2 is 2.06 bits per heavy atom. The van der Waals surface area contributed by atoms with Crippen molar-refractivity contribution in [1.82, 2.24) is 5.32 Å². The van der Waals surface area contributed by atoms with Crippen LogP contribution in [0.2, 0.25) is 0 Å². The van der Waals surface area contributed by atoms with Crippen LogP contribution in [0.15, 0.2) is 0 Å². The third-order valence-corrected chi connectivity index (χ3v) is 3.87. The van der Waals surface area contributed by atoms with Crippen LogP contribution in [-0.4, -0.2) is 36.3 Å². The fourth-order valence-corrected chi connectivity index (χ4v) is 3.20. The SMILES string of the molecule is CC(C)(C)OC(=O)NC[C@@H]1CSC[C@H]1CN. The van der Waals surface area contributed by atoms with E-state index < -0.39 is 5.60 Å². The van der Waals surface area contributed by atoms with Crippen LogP contribution in [0.25, 0.3) is 0 Å². The van der Waals surface area contributed by atoms with Crippen molar-refractivity contribution < 1.29 is 9.53 Å². The molecular weight excluding hydrogens is 224 g/mol. The van der Waals surface area contributed by atoms with Crippen molar-refractivity contribution in [3.63, 3.8) is 0 Å². The summed E-state index contributed by atoms with van der Waals surface area (Å²) < 4.78 is 5.18. The van der Waals surface area contributed by atoms with Crippen molar-refractivity contribution in [2.45, 2.75) is 26.4 Å². The minimum atomic E-state index is -0.429. The van der Waals surface area contributed by atoms with Gasteiger partial charge in [0.2, 0.25) is 0 Å². The minimum Gasteiger partial charge on any atom is -0.444 e. The van der Waals surface area contributed by atoms with Gasteiger partial charge in [-0.2, -0.15) is 11.8 Å². The molecule has 0 saturated carbocycles. The molecule has 1 aliphatic rings. The molecule has 16 heavy (non-hydrogen) atoms. The van der Waals surface area contributed by atoms with E-state index in [4.69, 9.17) is 10.5 Å². The highest BCUT2D eigenvalue weighted by molar-refractivity contribution is 7.99. The molecule has 1 heterocycles. The molecule has 0 unspecified atom stereocenters. The number of carbonyl (C=O) groups is 1. The van der Waals surface area contributed by atoms with Gasteiger partial charge in [0, 0.05) is 6.54 Å². The lowest BCUT2D eigenvalue weighted by Gasteiger charge is -2.22. The maximum atomic E-state index is 11.4. The summed E-state index contributed by atoms with van der Waals surface area (Å²) in [6, 6.07) is 0. The summed E-state index contributed by atoms with van der Waals surface area (Å²) in [5.41, 5.74) is 5.25. The molecule has 5 heteroatoms. The first-order valence-corrected chi connectivity index (χ1v) is 6.82. The lowest BCUT2D eigenvalue weighted by molar-refractivity contribution is 0.0517. The third-order valence-electron chi connectivity index (χ3n) is 2.54. The highest BCUT2D eigenvalue weighted by Gasteiger charge is 2.27. The van der Waals surface area contributed by atoms with Gasteiger partial charge in [-0.25, -0.2) is 4.79 Å². The van der Waals surface area contributed by atoms with Crippen LogP contribution in [0.3, 0.4) is 0 Å². The molecule has 1 rings (SSSR count). The minimum absolute atomic E-state index is 0.333. The van der Waals surface area contributed by atoms with Gasteiger partial charge in [-0.3, -0.25) is 0 Å². The number of rotatable bonds is 3. The van der Waals surface area contributed by atoms with Crippen molar-refractivity contribution in [2.75, 3.05) is 24.6 Å². The quantitative estimate of drug-likeness (QED) is 0.791. The fourth-order valence-electron chi connectivity index (χ4n) is 1.66. The van der Waals surface area contributed by atoms with Gasteiger partial charge in [-0.15, -0.1) is 0 Å². The van der Waals surface area contributed by atoms with E-state index in [1.165, 1.54) is 0 Å². The normalized spacial score (nSPS) is 25.5. The highest BCUT2D eigenvalue weighted by atomic mass is 32.2. The van der Waals surface area contributed by atoms with Gasteiger partial charge in [-0.05, 0) is 50.7 Å². The second kappa shape index (κ2) is 5.77. The van der Waals surface area contributed by atoms with Crippen LogP contribution in [-0.2, 0) is 4.74 Å². The van der Waals surface area contributed by atoms with Crippen LogP contribution < -0.4 is 11.1 Å².